The van der Waals surface area contributed by atoms with E-state index in [0.29, 0.717) is 18.1 Å². The highest BCUT2D eigenvalue weighted by Crippen LogP contribution is 2.14. The van der Waals surface area contributed by atoms with Crippen LogP contribution in [0.15, 0.2) is 42.7 Å². The maximum atomic E-state index is 12.4. The third kappa shape index (κ3) is 4.26. The molecule has 0 saturated heterocycles. The van der Waals surface area contributed by atoms with Crippen molar-refractivity contribution in [2.75, 3.05) is 37.5 Å². The normalized spacial score (nSPS) is 10.3. The Morgan fingerprint density at radius 2 is 1.91 bits per heavy atom. The van der Waals surface area contributed by atoms with E-state index in [9.17, 15) is 4.79 Å². The molecular formula is C16H20N4O2. The summed E-state index contributed by atoms with van der Waals surface area (Å²) in [6.45, 7) is 1.41. The van der Waals surface area contributed by atoms with Gasteiger partial charge in [-0.2, -0.15) is 0 Å². The number of carbonyl (C=O) groups is 1. The molecule has 1 N–H and O–H groups in total. The lowest BCUT2D eigenvalue weighted by Gasteiger charge is -2.17. The molecule has 0 aliphatic rings. The topological polar surface area (TPSA) is 67.3 Å². The Labute approximate surface area is 130 Å². The van der Waals surface area contributed by atoms with Gasteiger partial charge in [-0.25, -0.2) is 9.97 Å². The Kier molecular flexibility index (Phi) is 5.85. The smallest absolute Gasteiger partial charge is 0.261 e. The van der Waals surface area contributed by atoms with Gasteiger partial charge in [-0.3, -0.25) is 4.79 Å². The van der Waals surface area contributed by atoms with E-state index in [-0.39, 0.29) is 5.91 Å². The van der Waals surface area contributed by atoms with Crippen molar-refractivity contribution in [3.05, 3.63) is 48.3 Å². The first-order valence-electron chi connectivity index (χ1n) is 7.10. The van der Waals surface area contributed by atoms with Crippen LogP contribution in [0.1, 0.15) is 16.8 Å². The zero-order chi connectivity index (χ0) is 15.8. The highest BCUT2D eigenvalue weighted by atomic mass is 16.5. The second-order valence-corrected chi connectivity index (χ2v) is 4.77. The monoisotopic (exact) mass is 300 g/mol. The molecule has 0 bridgehead atoms. The summed E-state index contributed by atoms with van der Waals surface area (Å²) >= 11 is 0. The fourth-order valence-electron chi connectivity index (χ4n) is 1.91. The van der Waals surface area contributed by atoms with Crippen LogP contribution in [0.2, 0.25) is 0 Å². The zero-order valence-electron chi connectivity index (χ0n) is 12.8. The molecule has 2 rings (SSSR count). The maximum absolute atomic E-state index is 12.4. The molecule has 0 aliphatic heterocycles. The number of rotatable bonds is 7. The summed E-state index contributed by atoms with van der Waals surface area (Å²) in [5.41, 5.74) is 1.28. The minimum Gasteiger partial charge on any atom is -0.385 e. The molecule has 0 aliphatic carbocycles. The van der Waals surface area contributed by atoms with Gasteiger partial charge in [0.2, 0.25) is 5.95 Å². The number of nitrogens with zero attached hydrogens (tertiary/aromatic N) is 3. The van der Waals surface area contributed by atoms with Crippen molar-refractivity contribution in [3.63, 3.8) is 0 Å². The number of anilines is 2. The molecule has 1 amide bonds. The third-order valence-corrected chi connectivity index (χ3v) is 3.16. The summed E-state index contributed by atoms with van der Waals surface area (Å²) in [4.78, 5) is 22.3. The fraction of sp³-hybridized carbons (Fsp3) is 0.312. The lowest BCUT2D eigenvalue weighted by molar-refractivity contribution is 0.0992. The number of amides is 1. The molecule has 116 valence electrons. The van der Waals surface area contributed by atoms with Crippen molar-refractivity contribution in [2.45, 2.75) is 6.42 Å². The van der Waals surface area contributed by atoms with Crippen molar-refractivity contribution >= 4 is 17.5 Å². The predicted octanol–water partition coefficient (Wildman–Crippen LogP) is 2.20. The van der Waals surface area contributed by atoms with E-state index in [0.717, 1.165) is 18.7 Å². The van der Waals surface area contributed by atoms with Gasteiger partial charge in [0.1, 0.15) is 0 Å². The van der Waals surface area contributed by atoms with Crippen LogP contribution in [0.4, 0.5) is 11.6 Å². The molecule has 22 heavy (non-hydrogen) atoms. The van der Waals surface area contributed by atoms with Gasteiger partial charge in [0.15, 0.2) is 0 Å². The number of aromatic nitrogens is 2. The number of methoxy groups -OCH3 is 1. The van der Waals surface area contributed by atoms with Crippen LogP contribution < -0.4 is 10.2 Å². The molecule has 0 spiro atoms. The van der Waals surface area contributed by atoms with Crippen LogP contribution in [0.5, 0.6) is 0 Å². The average Bonchev–Trinajstić information content (AvgIpc) is 2.59. The van der Waals surface area contributed by atoms with E-state index >= 15 is 0 Å². The van der Waals surface area contributed by atoms with Gasteiger partial charge in [-0.15, -0.1) is 0 Å². The number of hydrogen-bond donors (Lipinski definition) is 1. The molecule has 2 aromatic rings. The Hall–Kier alpha value is -2.47. The summed E-state index contributed by atoms with van der Waals surface area (Å²) in [7, 11) is 3.40. The van der Waals surface area contributed by atoms with Gasteiger partial charge in [0.05, 0.1) is 5.56 Å². The number of benzene rings is 1. The quantitative estimate of drug-likeness (QED) is 0.794. The maximum Gasteiger partial charge on any atom is 0.261 e. The van der Waals surface area contributed by atoms with Crippen LogP contribution in [0.3, 0.4) is 0 Å². The van der Waals surface area contributed by atoms with Crippen LogP contribution in [-0.4, -0.2) is 43.2 Å². The third-order valence-electron chi connectivity index (χ3n) is 3.16. The van der Waals surface area contributed by atoms with Crippen LogP contribution in [-0.2, 0) is 4.74 Å². The highest BCUT2D eigenvalue weighted by molar-refractivity contribution is 6.05. The van der Waals surface area contributed by atoms with Crippen molar-refractivity contribution in [1.82, 2.24) is 9.97 Å². The van der Waals surface area contributed by atoms with E-state index in [4.69, 9.17) is 4.74 Å². The molecule has 1 aromatic carbocycles. The van der Waals surface area contributed by atoms with Gasteiger partial charge in [0, 0.05) is 45.4 Å². The van der Waals surface area contributed by atoms with E-state index < -0.39 is 0 Å². The standard InChI is InChI=1S/C16H20N4O2/c1-20(14-7-4-3-5-8-14)15(21)13-11-18-16(19-12-13)17-9-6-10-22-2/h3-5,7-8,11-12H,6,9-10H2,1-2H3,(H,17,18,19). The van der Waals surface area contributed by atoms with E-state index in [1.807, 2.05) is 30.3 Å². The predicted molar refractivity (Wildman–Crippen MR) is 86.2 cm³/mol. The molecule has 0 atom stereocenters. The zero-order valence-corrected chi connectivity index (χ0v) is 12.8. The van der Waals surface area contributed by atoms with Crippen LogP contribution in [0.25, 0.3) is 0 Å². The molecule has 0 fully saturated rings. The molecular weight excluding hydrogens is 280 g/mol. The van der Waals surface area contributed by atoms with Crippen molar-refractivity contribution in [2.24, 2.45) is 0 Å². The summed E-state index contributed by atoms with van der Waals surface area (Å²) in [5.74, 6) is 0.368. The first-order chi connectivity index (χ1) is 10.7. The van der Waals surface area contributed by atoms with E-state index in [1.165, 1.54) is 12.4 Å². The average molecular weight is 300 g/mol. The number of para-hydroxylation sites is 1. The summed E-state index contributed by atoms with van der Waals surface area (Å²) in [5, 5.41) is 3.08. The number of hydrogen-bond acceptors (Lipinski definition) is 5. The Bertz CT molecular complexity index is 587. The molecule has 0 saturated carbocycles. The fourth-order valence-corrected chi connectivity index (χ4v) is 1.91. The highest BCUT2D eigenvalue weighted by Gasteiger charge is 2.14. The molecule has 1 aromatic heterocycles. The minimum absolute atomic E-state index is 0.142. The van der Waals surface area contributed by atoms with Gasteiger partial charge in [0.25, 0.3) is 5.91 Å². The summed E-state index contributed by atoms with van der Waals surface area (Å²) in [6.07, 6.45) is 3.94. The number of ether oxygens (including phenoxy) is 1. The van der Waals surface area contributed by atoms with Gasteiger partial charge >= 0.3 is 0 Å². The first kappa shape index (κ1) is 15.9. The first-order valence-corrected chi connectivity index (χ1v) is 7.10. The number of nitrogens with one attached hydrogen (secondary N) is 1. The Morgan fingerprint density at radius 1 is 1.23 bits per heavy atom. The molecule has 6 heteroatoms. The van der Waals surface area contributed by atoms with Crippen molar-refractivity contribution in [1.29, 1.82) is 0 Å². The lowest BCUT2D eigenvalue weighted by atomic mass is 10.2. The molecule has 0 unspecified atom stereocenters. The molecule has 1 heterocycles. The SMILES string of the molecule is COCCCNc1ncc(C(=O)N(C)c2ccccc2)cn1. The largest absolute Gasteiger partial charge is 0.385 e. The number of carbonyl (C=O) groups excluding carboxylic acids is 1. The Morgan fingerprint density at radius 3 is 2.55 bits per heavy atom. The molecule has 0 radical (unpaired) electrons. The van der Waals surface area contributed by atoms with Gasteiger partial charge in [-0.05, 0) is 18.6 Å². The second kappa shape index (κ2) is 8.09. The van der Waals surface area contributed by atoms with Crippen LogP contribution in [0, 0.1) is 0 Å². The van der Waals surface area contributed by atoms with E-state index in [1.54, 1.807) is 19.1 Å². The lowest BCUT2D eigenvalue weighted by Crippen LogP contribution is -2.26. The summed E-state index contributed by atoms with van der Waals surface area (Å²) < 4.78 is 4.97. The van der Waals surface area contributed by atoms with Gasteiger partial charge in [-0.1, -0.05) is 18.2 Å². The molecule has 6 nitrogen and oxygen atoms in total. The summed E-state index contributed by atoms with van der Waals surface area (Å²) in [6, 6.07) is 9.45. The van der Waals surface area contributed by atoms with Crippen LogP contribution >= 0.6 is 0 Å². The van der Waals surface area contributed by atoms with Crippen molar-refractivity contribution < 1.29 is 9.53 Å². The second-order valence-electron chi connectivity index (χ2n) is 4.77. The van der Waals surface area contributed by atoms with Crippen molar-refractivity contribution in [3.8, 4) is 0 Å². The minimum atomic E-state index is -0.142. The van der Waals surface area contributed by atoms with E-state index in [2.05, 4.69) is 15.3 Å². The van der Waals surface area contributed by atoms with Gasteiger partial charge < -0.3 is 15.0 Å². The Balaban J connectivity index is 1.96.